The van der Waals surface area contributed by atoms with Crippen molar-refractivity contribution in [3.63, 3.8) is 0 Å². The Hall–Kier alpha value is -2.84. The number of likely N-dealkylation sites (N-methyl/N-ethyl adjacent to an activating group) is 1. The molecule has 0 bridgehead atoms. The number of carbonyl (C=O) groups is 3. The molecule has 8 heteroatoms. The van der Waals surface area contributed by atoms with Gasteiger partial charge in [-0.25, -0.2) is 0 Å². The molecule has 3 atom stereocenters. The smallest absolute Gasteiger partial charge is 0.247 e. The third-order valence-electron chi connectivity index (χ3n) is 6.03. The molecule has 182 valence electrons. The van der Waals surface area contributed by atoms with Gasteiger partial charge in [-0.15, -0.1) is 0 Å². The van der Waals surface area contributed by atoms with Crippen LogP contribution in [0.3, 0.4) is 0 Å². The average molecular weight is 483 g/mol. The van der Waals surface area contributed by atoms with Crippen molar-refractivity contribution in [2.24, 2.45) is 0 Å². The molecule has 0 aromatic heterocycles. The van der Waals surface area contributed by atoms with E-state index in [1.54, 1.807) is 11.9 Å². The summed E-state index contributed by atoms with van der Waals surface area (Å²) < 4.78 is 0. The number of thiol groups is 1. The summed E-state index contributed by atoms with van der Waals surface area (Å²) in [4.78, 5) is 43.3. The van der Waals surface area contributed by atoms with Crippen molar-refractivity contribution in [1.82, 2.24) is 20.4 Å². The quantitative estimate of drug-likeness (QED) is 0.480. The van der Waals surface area contributed by atoms with Crippen LogP contribution in [0, 0.1) is 0 Å². The van der Waals surface area contributed by atoms with E-state index in [-0.39, 0.29) is 17.7 Å². The van der Waals surface area contributed by atoms with Gasteiger partial charge in [-0.3, -0.25) is 19.3 Å². The first-order valence-electron chi connectivity index (χ1n) is 11.8. The van der Waals surface area contributed by atoms with Gasteiger partial charge in [-0.2, -0.15) is 12.6 Å². The molecule has 1 aliphatic heterocycles. The zero-order valence-electron chi connectivity index (χ0n) is 19.8. The molecule has 0 aliphatic carbocycles. The highest BCUT2D eigenvalue weighted by molar-refractivity contribution is 7.81. The lowest BCUT2D eigenvalue weighted by Crippen LogP contribution is -2.54. The Kier molecular flexibility index (Phi) is 9.53. The van der Waals surface area contributed by atoms with Crippen molar-refractivity contribution in [3.05, 3.63) is 71.8 Å². The predicted molar refractivity (Wildman–Crippen MR) is 136 cm³/mol. The molecule has 2 N–H and O–H groups in total. The second-order valence-corrected chi connectivity index (χ2v) is 9.17. The molecule has 0 radical (unpaired) electrons. The highest BCUT2D eigenvalue weighted by Crippen LogP contribution is 2.24. The summed E-state index contributed by atoms with van der Waals surface area (Å²) >= 11 is 4.42. The lowest BCUT2D eigenvalue weighted by Gasteiger charge is -2.32. The Bertz CT molecular complexity index is 957. The van der Waals surface area contributed by atoms with Gasteiger partial charge in [0.1, 0.15) is 12.1 Å². The van der Waals surface area contributed by atoms with Crippen LogP contribution in [0.15, 0.2) is 60.7 Å². The third-order valence-corrected chi connectivity index (χ3v) is 6.52. The number of carbonyl (C=O) groups excluding carboxylic acids is 3. The van der Waals surface area contributed by atoms with Gasteiger partial charge < -0.3 is 15.5 Å². The predicted octanol–water partition coefficient (Wildman–Crippen LogP) is 2.40. The first kappa shape index (κ1) is 25.8. The Labute approximate surface area is 207 Å². The van der Waals surface area contributed by atoms with Crippen molar-refractivity contribution < 1.29 is 14.4 Å². The highest BCUT2D eigenvalue weighted by atomic mass is 32.1. The van der Waals surface area contributed by atoms with Crippen LogP contribution in [0.1, 0.15) is 36.9 Å². The maximum atomic E-state index is 13.8. The minimum atomic E-state index is -0.780. The van der Waals surface area contributed by atoms with E-state index in [4.69, 9.17) is 0 Å². The van der Waals surface area contributed by atoms with E-state index in [0.29, 0.717) is 32.6 Å². The normalized spacial score (nSPS) is 18.6. The van der Waals surface area contributed by atoms with Gasteiger partial charge in [-0.05, 0) is 17.5 Å². The molecule has 7 nitrogen and oxygen atoms in total. The van der Waals surface area contributed by atoms with Gasteiger partial charge in [0, 0.05) is 33.2 Å². The van der Waals surface area contributed by atoms with Crippen LogP contribution in [-0.2, 0) is 20.9 Å². The molecule has 1 aliphatic rings. The summed E-state index contributed by atoms with van der Waals surface area (Å²) in [5.74, 6) is -0.793. The van der Waals surface area contributed by atoms with Crippen LogP contribution < -0.4 is 10.6 Å². The maximum Gasteiger partial charge on any atom is 0.247 e. The Morgan fingerprint density at radius 1 is 1.03 bits per heavy atom. The van der Waals surface area contributed by atoms with E-state index in [1.807, 2.05) is 67.6 Å². The van der Waals surface area contributed by atoms with Gasteiger partial charge in [0.15, 0.2) is 0 Å². The SMILES string of the molecule is CCCC(S)C(=O)NC1CN(Cc2ccccc2)CCN(C(C(=O)NC)c2ccccc2)C1=O. The molecule has 34 heavy (non-hydrogen) atoms. The first-order chi connectivity index (χ1) is 16.4. The van der Waals surface area contributed by atoms with Crippen LogP contribution in [0.4, 0.5) is 0 Å². The van der Waals surface area contributed by atoms with Gasteiger partial charge in [-0.1, -0.05) is 74.0 Å². The van der Waals surface area contributed by atoms with Crippen molar-refractivity contribution in [1.29, 1.82) is 0 Å². The molecule has 3 rings (SSSR count). The minimum absolute atomic E-state index is 0.263. The summed E-state index contributed by atoms with van der Waals surface area (Å²) in [5, 5.41) is 5.13. The van der Waals surface area contributed by atoms with Crippen LogP contribution in [0.25, 0.3) is 0 Å². The van der Waals surface area contributed by atoms with Gasteiger partial charge in [0.25, 0.3) is 0 Å². The van der Waals surface area contributed by atoms with E-state index in [1.165, 1.54) is 0 Å². The molecular weight excluding hydrogens is 448 g/mol. The molecule has 3 unspecified atom stereocenters. The summed E-state index contributed by atoms with van der Waals surface area (Å²) in [6, 6.07) is 17.7. The molecule has 1 fully saturated rings. The van der Waals surface area contributed by atoms with E-state index in [0.717, 1.165) is 17.5 Å². The second kappa shape index (κ2) is 12.6. The molecule has 2 aromatic carbocycles. The summed E-state index contributed by atoms with van der Waals surface area (Å²) in [6.07, 6.45) is 1.44. The van der Waals surface area contributed by atoms with E-state index in [9.17, 15) is 14.4 Å². The van der Waals surface area contributed by atoms with Crippen LogP contribution in [0.2, 0.25) is 0 Å². The lowest BCUT2D eigenvalue weighted by atomic mass is 10.0. The fourth-order valence-corrected chi connectivity index (χ4v) is 4.59. The average Bonchev–Trinajstić information content (AvgIpc) is 2.99. The number of nitrogens with one attached hydrogen (secondary N) is 2. The molecule has 1 heterocycles. The lowest BCUT2D eigenvalue weighted by molar-refractivity contribution is -0.142. The number of benzene rings is 2. The summed E-state index contributed by atoms with van der Waals surface area (Å²) in [7, 11) is 1.57. The van der Waals surface area contributed by atoms with Crippen molar-refractivity contribution >= 4 is 30.4 Å². The number of amides is 3. The minimum Gasteiger partial charge on any atom is -0.357 e. The molecule has 3 amide bonds. The highest BCUT2D eigenvalue weighted by Gasteiger charge is 2.38. The van der Waals surface area contributed by atoms with Crippen molar-refractivity contribution in [3.8, 4) is 0 Å². The largest absolute Gasteiger partial charge is 0.357 e. The zero-order valence-corrected chi connectivity index (χ0v) is 20.7. The maximum absolute atomic E-state index is 13.8. The van der Waals surface area contributed by atoms with Crippen LogP contribution >= 0.6 is 12.6 Å². The molecule has 0 saturated carbocycles. The molecular formula is C26H34N4O3S. The third kappa shape index (κ3) is 6.61. The van der Waals surface area contributed by atoms with Crippen LogP contribution in [-0.4, -0.2) is 65.5 Å². The van der Waals surface area contributed by atoms with E-state index >= 15 is 0 Å². The first-order valence-corrected chi connectivity index (χ1v) is 12.3. The molecule has 0 spiro atoms. The number of hydrogen-bond donors (Lipinski definition) is 3. The summed E-state index contributed by atoms with van der Waals surface area (Å²) in [5.41, 5.74) is 1.85. The number of nitrogens with zero attached hydrogens (tertiary/aromatic N) is 2. The topological polar surface area (TPSA) is 81.8 Å². The zero-order chi connectivity index (χ0) is 24.5. The number of hydrogen-bond acceptors (Lipinski definition) is 5. The standard InChI is InChI=1S/C26H34N4O3S/c1-3-10-22(34)24(31)28-21-18-29(17-19-11-6-4-7-12-19)15-16-30(26(21)33)23(25(32)27-2)20-13-8-5-9-14-20/h4-9,11-14,21-23,34H,3,10,15-18H2,1-2H3,(H,27,32)(H,28,31). The Morgan fingerprint density at radius 3 is 2.29 bits per heavy atom. The van der Waals surface area contributed by atoms with Crippen molar-refractivity contribution in [2.75, 3.05) is 26.7 Å². The monoisotopic (exact) mass is 482 g/mol. The summed E-state index contributed by atoms with van der Waals surface area (Å²) in [6.45, 7) is 3.93. The van der Waals surface area contributed by atoms with Gasteiger partial charge in [0.2, 0.25) is 17.7 Å². The van der Waals surface area contributed by atoms with Gasteiger partial charge in [0.05, 0.1) is 5.25 Å². The van der Waals surface area contributed by atoms with E-state index in [2.05, 4.69) is 28.2 Å². The number of rotatable bonds is 9. The Morgan fingerprint density at radius 2 is 1.68 bits per heavy atom. The molecule has 1 saturated heterocycles. The fourth-order valence-electron chi connectivity index (χ4n) is 4.25. The second-order valence-electron chi connectivity index (χ2n) is 8.55. The Balaban J connectivity index is 1.91. The van der Waals surface area contributed by atoms with Gasteiger partial charge >= 0.3 is 0 Å². The van der Waals surface area contributed by atoms with E-state index < -0.39 is 17.3 Å². The van der Waals surface area contributed by atoms with Crippen LogP contribution in [0.5, 0.6) is 0 Å². The van der Waals surface area contributed by atoms with Crippen molar-refractivity contribution in [2.45, 2.75) is 43.6 Å². The fraction of sp³-hybridized carbons (Fsp3) is 0.423. The molecule has 2 aromatic rings.